The van der Waals surface area contributed by atoms with Crippen molar-refractivity contribution in [2.24, 2.45) is 0 Å². The maximum atomic E-state index is 12.6. The molecule has 1 aromatic heterocycles. The van der Waals surface area contributed by atoms with Crippen molar-refractivity contribution >= 4 is 5.91 Å². The maximum absolute atomic E-state index is 12.6. The number of nitrogens with one attached hydrogen (secondary N) is 1. The van der Waals surface area contributed by atoms with Crippen LogP contribution in [-0.4, -0.2) is 37.3 Å². The van der Waals surface area contributed by atoms with Gasteiger partial charge in [0.1, 0.15) is 17.6 Å². The first-order chi connectivity index (χ1) is 14.3. The SMILES string of the molecule is COc1ccc(C(=O)NC2CCC(Oc3ccc(C(F)(F)F)cn3)CC2)c(OC)c1. The second-order valence-corrected chi connectivity index (χ2v) is 7.01. The second kappa shape index (κ2) is 9.23. The monoisotopic (exact) mass is 424 g/mol. The van der Waals surface area contributed by atoms with E-state index in [9.17, 15) is 18.0 Å². The number of benzene rings is 1. The number of ether oxygens (including phenoxy) is 3. The summed E-state index contributed by atoms with van der Waals surface area (Å²) in [4.78, 5) is 16.4. The molecular weight excluding hydrogens is 401 g/mol. The van der Waals surface area contributed by atoms with E-state index < -0.39 is 11.7 Å². The number of halogens is 3. The second-order valence-electron chi connectivity index (χ2n) is 7.01. The number of methoxy groups -OCH3 is 2. The first-order valence-electron chi connectivity index (χ1n) is 9.53. The van der Waals surface area contributed by atoms with Gasteiger partial charge in [-0.2, -0.15) is 13.2 Å². The third kappa shape index (κ3) is 5.34. The van der Waals surface area contributed by atoms with Gasteiger partial charge in [0.25, 0.3) is 5.91 Å². The van der Waals surface area contributed by atoms with Crippen LogP contribution >= 0.6 is 0 Å². The summed E-state index contributed by atoms with van der Waals surface area (Å²) in [6.07, 6.45) is -1.11. The Hall–Kier alpha value is -2.97. The van der Waals surface area contributed by atoms with Gasteiger partial charge in [-0.15, -0.1) is 0 Å². The Morgan fingerprint density at radius 3 is 2.37 bits per heavy atom. The number of rotatable bonds is 6. The van der Waals surface area contributed by atoms with Crippen molar-refractivity contribution in [1.29, 1.82) is 0 Å². The predicted octanol–water partition coefficient (Wildman–Crippen LogP) is 4.24. The lowest BCUT2D eigenvalue weighted by Crippen LogP contribution is -2.39. The van der Waals surface area contributed by atoms with Crippen LogP contribution in [0, 0.1) is 0 Å². The third-order valence-electron chi connectivity index (χ3n) is 5.01. The van der Waals surface area contributed by atoms with Crippen LogP contribution in [-0.2, 0) is 6.18 Å². The summed E-state index contributed by atoms with van der Waals surface area (Å²) in [6, 6.07) is 7.15. The molecule has 9 heteroatoms. The van der Waals surface area contributed by atoms with Gasteiger partial charge in [-0.25, -0.2) is 4.98 Å². The minimum atomic E-state index is -4.42. The molecule has 0 saturated heterocycles. The quantitative estimate of drug-likeness (QED) is 0.751. The van der Waals surface area contributed by atoms with E-state index >= 15 is 0 Å². The van der Waals surface area contributed by atoms with Crippen LogP contribution in [0.5, 0.6) is 17.4 Å². The molecule has 2 aromatic rings. The van der Waals surface area contributed by atoms with Crippen molar-refractivity contribution in [3.05, 3.63) is 47.7 Å². The highest BCUT2D eigenvalue weighted by atomic mass is 19.4. The van der Waals surface area contributed by atoms with E-state index in [2.05, 4.69) is 10.3 Å². The number of alkyl halides is 3. The molecule has 6 nitrogen and oxygen atoms in total. The van der Waals surface area contributed by atoms with E-state index in [1.807, 2.05) is 0 Å². The summed E-state index contributed by atoms with van der Waals surface area (Å²) in [7, 11) is 3.03. The lowest BCUT2D eigenvalue weighted by Gasteiger charge is -2.29. The van der Waals surface area contributed by atoms with E-state index in [1.165, 1.54) is 20.3 Å². The topological polar surface area (TPSA) is 69.7 Å². The molecule has 0 radical (unpaired) electrons. The molecule has 1 saturated carbocycles. The van der Waals surface area contributed by atoms with Gasteiger partial charge < -0.3 is 19.5 Å². The third-order valence-corrected chi connectivity index (χ3v) is 5.01. The standard InChI is InChI=1S/C21H23F3N2O4/c1-28-16-8-9-17(18(11-16)29-2)20(27)26-14-4-6-15(7-5-14)30-19-10-3-13(12-25-19)21(22,23)24/h3,8-12,14-15H,4-7H2,1-2H3,(H,26,27). The van der Waals surface area contributed by atoms with Gasteiger partial charge in [0.05, 0.1) is 25.3 Å². The number of hydrogen-bond acceptors (Lipinski definition) is 5. The molecule has 30 heavy (non-hydrogen) atoms. The van der Waals surface area contributed by atoms with E-state index in [0.29, 0.717) is 42.7 Å². The zero-order valence-electron chi connectivity index (χ0n) is 16.7. The number of amides is 1. The molecule has 1 fully saturated rings. The minimum absolute atomic E-state index is 0.0234. The summed E-state index contributed by atoms with van der Waals surface area (Å²) < 4.78 is 53.9. The minimum Gasteiger partial charge on any atom is -0.497 e. The number of pyridine rings is 1. The van der Waals surface area contributed by atoms with Crippen LogP contribution < -0.4 is 19.5 Å². The average Bonchev–Trinajstić information content (AvgIpc) is 2.74. The van der Waals surface area contributed by atoms with Gasteiger partial charge >= 0.3 is 6.18 Å². The van der Waals surface area contributed by atoms with Crippen molar-refractivity contribution in [3.63, 3.8) is 0 Å². The Morgan fingerprint density at radius 1 is 1.07 bits per heavy atom. The number of hydrogen-bond donors (Lipinski definition) is 1. The normalized spacial score (nSPS) is 19.1. The Balaban J connectivity index is 1.51. The molecule has 0 aliphatic heterocycles. The number of aromatic nitrogens is 1. The Labute approximate surface area is 172 Å². The van der Waals surface area contributed by atoms with E-state index in [1.54, 1.807) is 18.2 Å². The summed E-state index contributed by atoms with van der Waals surface area (Å²) in [5, 5.41) is 3.00. The van der Waals surface area contributed by atoms with Crippen molar-refractivity contribution in [2.75, 3.05) is 14.2 Å². The predicted molar refractivity (Wildman–Crippen MR) is 103 cm³/mol. The fraction of sp³-hybridized carbons (Fsp3) is 0.429. The molecule has 1 amide bonds. The molecule has 3 rings (SSSR count). The lowest BCUT2D eigenvalue weighted by atomic mass is 9.92. The summed E-state index contributed by atoms with van der Waals surface area (Å²) >= 11 is 0. The van der Waals surface area contributed by atoms with Gasteiger partial charge in [0.15, 0.2) is 0 Å². The van der Waals surface area contributed by atoms with Crippen LogP contribution in [0.15, 0.2) is 36.5 Å². The number of nitrogens with zero attached hydrogens (tertiary/aromatic N) is 1. The van der Waals surface area contributed by atoms with E-state index in [-0.39, 0.29) is 23.9 Å². The van der Waals surface area contributed by atoms with Gasteiger partial charge in [-0.3, -0.25) is 4.79 Å². The fourth-order valence-corrected chi connectivity index (χ4v) is 3.36. The van der Waals surface area contributed by atoms with Crippen LogP contribution in [0.1, 0.15) is 41.6 Å². The van der Waals surface area contributed by atoms with Gasteiger partial charge in [0, 0.05) is 24.4 Å². The smallest absolute Gasteiger partial charge is 0.417 e. The first-order valence-corrected chi connectivity index (χ1v) is 9.53. The van der Waals surface area contributed by atoms with Gasteiger partial charge in [-0.05, 0) is 43.9 Å². The summed E-state index contributed by atoms with van der Waals surface area (Å²) in [6.45, 7) is 0. The maximum Gasteiger partial charge on any atom is 0.417 e. The highest BCUT2D eigenvalue weighted by molar-refractivity contribution is 5.97. The highest BCUT2D eigenvalue weighted by Gasteiger charge is 2.31. The fourth-order valence-electron chi connectivity index (χ4n) is 3.36. The molecule has 0 bridgehead atoms. The molecule has 1 aliphatic carbocycles. The molecule has 162 valence electrons. The zero-order chi connectivity index (χ0) is 21.7. The van der Waals surface area contributed by atoms with Gasteiger partial charge in [0.2, 0.25) is 5.88 Å². The van der Waals surface area contributed by atoms with Gasteiger partial charge in [-0.1, -0.05) is 0 Å². The molecule has 1 N–H and O–H groups in total. The Kier molecular flexibility index (Phi) is 6.69. The lowest BCUT2D eigenvalue weighted by molar-refractivity contribution is -0.137. The highest BCUT2D eigenvalue weighted by Crippen LogP contribution is 2.30. The van der Waals surface area contributed by atoms with Crippen molar-refractivity contribution in [3.8, 4) is 17.4 Å². The number of carbonyl (C=O) groups excluding carboxylic acids is 1. The van der Waals surface area contributed by atoms with Crippen LogP contribution in [0.3, 0.4) is 0 Å². The van der Waals surface area contributed by atoms with Crippen LogP contribution in [0.2, 0.25) is 0 Å². The first kappa shape index (κ1) is 21.7. The molecular formula is C21H23F3N2O4. The van der Waals surface area contributed by atoms with Crippen LogP contribution in [0.4, 0.5) is 13.2 Å². The van der Waals surface area contributed by atoms with E-state index in [0.717, 1.165) is 12.3 Å². The number of carbonyl (C=O) groups is 1. The summed E-state index contributed by atoms with van der Waals surface area (Å²) in [5.41, 5.74) is -0.388. The molecule has 1 heterocycles. The average molecular weight is 424 g/mol. The Morgan fingerprint density at radius 2 is 1.80 bits per heavy atom. The molecule has 0 unspecified atom stereocenters. The molecule has 1 aromatic carbocycles. The molecule has 0 atom stereocenters. The van der Waals surface area contributed by atoms with E-state index in [4.69, 9.17) is 14.2 Å². The molecule has 0 spiro atoms. The van der Waals surface area contributed by atoms with Crippen molar-refractivity contribution in [2.45, 2.75) is 44.0 Å². The van der Waals surface area contributed by atoms with Crippen molar-refractivity contribution in [1.82, 2.24) is 10.3 Å². The summed E-state index contributed by atoms with van der Waals surface area (Å²) in [5.74, 6) is 0.955. The zero-order valence-corrected chi connectivity index (χ0v) is 16.7. The molecule has 1 aliphatic rings. The Bertz CT molecular complexity index is 864. The largest absolute Gasteiger partial charge is 0.497 e. The van der Waals surface area contributed by atoms with Crippen LogP contribution in [0.25, 0.3) is 0 Å². The van der Waals surface area contributed by atoms with Crippen molar-refractivity contribution < 1.29 is 32.2 Å².